The van der Waals surface area contributed by atoms with Crippen LogP contribution in [0.25, 0.3) is 17.4 Å². The molecule has 1 saturated carbocycles. The van der Waals surface area contributed by atoms with Gasteiger partial charge in [-0.25, -0.2) is 0 Å². The molecular formula is C20H17Cl2NO2S2. The normalized spacial score (nSPS) is 20.1. The molecular weight excluding hydrogens is 421 g/mol. The predicted octanol–water partition coefficient (Wildman–Crippen LogP) is 6.79. The van der Waals surface area contributed by atoms with Crippen LogP contribution < -0.4 is 0 Å². The van der Waals surface area contributed by atoms with E-state index >= 15 is 0 Å². The van der Waals surface area contributed by atoms with E-state index in [1.54, 1.807) is 17.0 Å². The van der Waals surface area contributed by atoms with Crippen molar-refractivity contribution in [1.82, 2.24) is 4.90 Å². The van der Waals surface area contributed by atoms with Crippen LogP contribution in [0.15, 0.2) is 39.7 Å². The van der Waals surface area contributed by atoms with Crippen LogP contribution >= 0.6 is 47.2 Å². The Kier molecular flexibility index (Phi) is 5.65. The fourth-order valence-electron chi connectivity index (χ4n) is 3.53. The highest BCUT2D eigenvalue weighted by atomic mass is 35.5. The second-order valence-electron chi connectivity index (χ2n) is 6.65. The summed E-state index contributed by atoms with van der Waals surface area (Å²) in [5.41, 5.74) is 0.721. The molecule has 2 aromatic rings. The molecule has 1 aromatic heterocycles. The lowest BCUT2D eigenvalue weighted by molar-refractivity contribution is -0.124. The minimum atomic E-state index is -0.0179. The zero-order valence-electron chi connectivity index (χ0n) is 14.4. The number of thioether (sulfide) groups is 1. The number of amides is 1. The van der Waals surface area contributed by atoms with Crippen molar-refractivity contribution in [2.24, 2.45) is 0 Å². The fourth-order valence-corrected chi connectivity index (χ4v) is 5.31. The SMILES string of the molecule is O=C1/C(=C/c2ccc(-c3cccc(Cl)c3Cl)o2)SC(=S)N1C1CCCCC1. The highest BCUT2D eigenvalue weighted by Crippen LogP contribution is 2.39. The summed E-state index contributed by atoms with van der Waals surface area (Å²) in [5, 5.41) is 0.921. The summed E-state index contributed by atoms with van der Waals surface area (Å²) in [6.07, 6.45) is 7.35. The van der Waals surface area contributed by atoms with Crippen LogP contribution in [0, 0.1) is 0 Å². The van der Waals surface area contributed by atoms with Crippen LogP contribution in [0.3, 0.4) is 0 Å². The summed E-state index contributed by atoms with van der Waals surface area (Å²) >= 11 is 19.2. The van der Waals surface area contributed by atoms with Crippen molar-refractivity contribution in [3.63, 3.8) is 0 Å². The number of hydrogen-bond acceptors (Lipinski definition) is 4. The third-order valence-electron chi connectivity index (χ3n) is 4.88. The standard InChI is InChI=1S/C20H17Cl2NO2S2/c21-15-8-4-7-14(18(15)22)16-10-9-13(25-16)11-17-19(24)23(20(26)27-17)12-5-2-1-3-6-12/h4,7-12H,1-3,5-6H2/b17-11-. The number of carbonyl (C=O) groups excluding carboxylic acids is 1. The van der Waals surface area contributed by atoms with Crippen molar-refractivity contribution in [3.8, 4) is 11.3 Å². The molecule has 1 amide bonds. The van der Waals surface area contributed by atoms with Crippen molar-refractivity contribution in [1.29, 1.82) is 0 Å². The van der Waals surface area contributed by atoms with Crippen LogP contribution in [-0.4, -0.2) is 21.2 Å². The number of halogens is 2. The molecule has 7 heteroatoms. The van der Waals surface area contributed by atoms with Crippen molar-refractivity contribution in [3.05, 3.63) is 51.0 Å². The minimum Gasteiger partial charge on any atom is -0.457 e. The Morgan fingerprint density at radius 2 is 1.93 bits per heavy atom. The van der Waals surface area contributed by atoms with E-state index in [0.717, 1.165) is 31.2 Å². The van der Waals surface area contributed by atoms with Crippen molar-refractivity contribution in [2.45, 2.75) is 38.1 Å². The molecule has 0 radical (unpaired) electrons. The van der Waals surface area contributed by atoms with Gasteiger partial charge in [0.25, 0.3) is 5.91 Å². The van der Waals surface area contributed by atoms with Crippen molar-refractivity contribution in [2.75, 3.05) is 0 Å². The number of hydrogen-bond donors (Lipinski definition) is 0. The number of rotatable bonds is 3. The van der Waals surface area contributed by atoms with Gasteiger partial charge in [-0.3, -0.25) is 9.69 Å². The Labute approximate surface area is 177 Å². The smallest absolute Gasteiger partial charge is 0.266 e. The first-order valence-electron chi connectivity index (χ1n) is 8.86. The Bertz CT molecular complexity index is 932. The van der Waals surface area contributed by atoms with Gasteiger partial charge in [-0.2, -0.15) is 0 Å². The minimum absolute atomic E-state index is 0.0179. The van der Waals surface area contributed by atoms with Gasteiger partial charge in [0.2, 0.25) is 0 Å². The molecule has 2 aliphatic rings. The molecule has 0 unspecified atom stereocenters. The molecule has 0 bridgehead atoms. The van der Waals surface area contributed by atoms with Gasteiger partial charge in [-0.15, -0.1) is 0 Å². The molecule has 4 rings (SSSR count). The highest BCUT2D eigenvalue weighted by Gasteiger charge is 2.37. The third kappa shape index (κ3) is 3.83. The maximum atomic E-state index is 12.9. The predicted molar refractivity (Wildman–Crippen MR) is 116 cm³/mol. The average Bonchev–Trinajstić information content (AvgIpc) is 3.23. The van der Waals surface area contributed by atoms with E-state index in [1.807, 2.05) is 24.3 Å². The fraction of sp³-hybridized carbons (Fsp3) is 0.300. The molecule has 140 valence electrons. The monoisotopic (exact) mass is 437 g/mol. The Hall–Kier alpha value is -1.27. The van der Waals surface area contributed by atoms with E-state index in [-0.39, 0.29) is 11.9 Å². The number of carbonyl (C=O) groups is 1. The van der Waals surface area contributed by atoms with Crippen LogP contribution in [0.2, 0.25) is 10.0 Å². The van der Waals surface area contributed by atoms with Crippen LogP contribution in [0.1, 0.15) is 37.9 Å². The first kappa shape index (κ1) is 19.1. The Balaban J connectivity index is 1.57. The first-order chi connectivity index (χ1) is 13.0. The molecule has 27 heavy (non-hydrogen) atoms. The summed E-state index contributed by atoms with van der Waals surface area (Å²) in [6.45, 7) is 0. The molecule has 1 saturated heterocycles. The molecule has 0 N–H and O–H groups in total. The first-order valence-corrected chi connectivity index (χ1v) is 10.8. The molecule has 2 heterocycles. The lowest BCUT2D eigenvalue weighted by Crippen LogP contribution is -2.39. The number of furan rings is 1. The van der Waals surface area contributed by atoms with Gasteiger partial charge in [0.15, 0.2) is 0 Å². The lowest BCUT2D eigenvalue weighted by atomic mass is 9.94. The Morgan fingerprint density at radius 3 is 2.70 bits per heavy atom. The quantitative estimate of drug-likeness (QED) is 0.390. The van der Waals surface area contributed by atoms with E-state index in [2.05, 4.69) is 0 Å². The largest absolute Gasteiger partial charge is 0.457 e. The summed E-state index contributed by atoms with van der Waals surface area (Å²) in [7, 11) is 0. The highest BCUT2D eigenvalue weighted by molar-refractivity contribution is 8.26. The van der Waals surface area contributed by atoms with E-state index in [9.17, 15) is 4.79 Å². The van der Waals surface area contributed by atoms with E-state index < -0.39 is 0 Å². The van der Waals surface area contributed by atoms with Gasteiger partial charge in [0.05, 0.1) is 15.0 Å². The average molecular weight is 438 g/mol. The summed E-state index contributed by atoms with van der Waals surface area (Å²) in [5.74, 6) is 1.18. The maximum Gasteiger partial charge on any atom is 0.266 e. The van der Waals surface area contributed by atoms with Crippen LogP contribution in [0.5, 0.6) is 0 Å². The summed E-state index contributed by atoms with van der Waals surface area (Å²) < 4.78 is 6.53. The van der Waals surface area contributed by atoms with Crippen LogP contribution in [0.4, 0.5) is 0 Å². The van der Waals surface area contributed by atoms with Gasteiger partial charge in [0, 0.05) is 17.7 Å². The zero-order valence-corrected chi connectivity index (χ0v) is 17.6. The van der Waals surface area contributed by atoms with Gasteiger partial charge >= 0.3 is 0 Å². The molecule has 2 fully saturated rings. The second kappa shape index (κ2) is 8.00. The maximum absolute atomic E-state index is 12.9. The summed E-state index contributed by atoms with van der Waals surface area (Å²) in [6, 6.07) is 9.27. The van der Waals surface area contributed by atoms with Gasteiger partial charge in [-0.05, 0) is 37.1 Å². The Morgan fingerprint density at radius 1 is 1.15 bits per heavy atom. The molecule has 1 aliphatic heterocycles. The zero-order chi connectivity index (χ0) is 19.0. The molecule has 3 nitrogen and oxygen atoms in total. The number of nitrogens with zero attached hydrogens (tertiary/aromatic N) is 1. The lowest BCUT2D eigenvalue weighted by Gasteiger charge is -2.29. The molecule has 0 atom stereocenters. The van der Waals surface area contributed by atoms with Crippen molar-refractivity contribution >= 4 is 63.5 Å². The molecule has 1 aromatic carbocycles. The topological polar surface area (TPSA) is 33.5 Å². The van der Waals surface area contributed by atoms with Crippen molar-refractivity contribution < 1.29 is 9.21 Å². The molecule has 0 spiro atoms. The third-order valence-corrected chi connectivity index (χ3v) is 7.03. The van der Waals surface area contributed by atoms with E-state index in [1.165, 1.54) is 18.2 Å². The second-order valence-corrected chi connectivity index (χ2v) is 9.11. The van der Waals surface area contributed by atoms with E-state index in [4.69, 9.17) is 39.8 Å². The number of thiocarbonyl (C=S) groups is 1. The molecule has 1 aliphatic carbocycles. The van der Waals surface area contributed by atoms with Crippen LogP contribution in [-0.2, 0) is 4.79 Å². The summed E-state index contributed by atoms with van der Waals surface area (Å²) in [4.78, 5) is 15.3. The van der Waals surface area contributed by atoms with Gasteiger partial charge < -0.3 is 4.42 Å². The van der Waals surface area contributed by atoms with E-state index in [0.29, 0.717) is 30.8 Å². The number of benzene rings is 1. The van der Waals surface area contributed by atoms with Gasteiger partial charge in [0.1, 0.15) is 15.8 Å². The van der Waals surface area contributed by atoms with Gasteiger partial charge in [-0.1, -0.05) is 72.5 Å².